The van der Waals surface area contributed by atoms with Crippen molar-refractivity contribution in [3.8, 4) is 11.5 Å². The van der Waals surface area contributed by atoms with Gasteiger partial charge in [-0.05, 0) is 24.6 Å². The molecule has 0 aromatic heterocycles. The number of hydrogen-bond donors (Lipinski definition) is 4. The van der Waals surface area contributed by atoms with Crippen LogP contribution < -0.4 is 20.1 Å². The first kappa shape index (κ1) is 14.9. The van der Waals surface area contributed by atoms with Gasteiger partial charge >= 0.3 is 12.0 Å². The highest BCUT2D eigenvalue weighted by atomic mass is 16.7. The molecule has 1 aliphatic heterocycles. The van der Waals surface area contributed by atoms with Crippen LogP contribution in [0.2, 0.25) is 0 Å². The number of nitrogens with one attached hydrogen (secondary N) is 2. The van der Waals surface area contributed by atoms with Crippen LogP contribution in [-0.4, -0.2) is 41.2 Å². The summed E-state index contributed by atoms with van der Waals surface area (Å²) in [5, 5.41) is 22.8. The van der Waals surface area contributed by atoms with Gasteiger partial charge in [0.25, 0.3) is 0 Å². The molecular formula is C13H16N2O6. The zero-order valence-electron chi connectivity index (χ0n) is 11.3. The highest BCUT2D eigenvalue weighted by Crippen LogP contribution is 2.32. The van der Waals surface area contributed by atoms with E-state index in [2.05, 4.69) is 10.6 Å². The molecule has 4 N–H and O–H groups in total. The van der Waals surface area contributed by atoms with Gasteiger partial charge in [-0.25, -0.2) is 9.59 Å². The third-order valence-electron chi connectivity index (χ3n) is 2.93. The number of benzene rings is 1. The number of carboxylic acid groups (broad SMARTS) is 1. The minimum absolute atomic E-state index is 0.168. The third kappa shape index (κ3) is 3.76. The molecule has 1 aliphatic rings. The Hall–Kier alpha value is -2.48. The largest absolute Gasteiger partial charge is 0.480 e. The lowest BCUT2D eigenvalue weighted by molar-refractivity contribution is -0.141. The van der Waals surface area contributed by atoms with Crippen LogP contribution in [-0.2, 0) is 11.3 Å². The van der Waals surface area contributed by atoms with Crippen molar-refractivity contribution in [2.45, 2.75) is 25.6 Å². The molecule has 0 saturated carbocycles. The number of hydrogen-bond acceptors (Lipinski definition) is 5. The van der Waals surface area contributed by atoms with Crippen molar-refractivity contribution < 1.29 is 29.3 Å². The Kier molecular flexibility index (Phi) is 4.49. The number of aliphatic hydroxyl groups excluding tert-OH is 1. The Morgan fingerprint density at radius 1 is 1.33 bits per heavy atom. The van der Waals surface area contributed by atoms with Gasteiger partial charge in [0.1, 0.15) is 0 Å². The van der Waals surface area contributed by atoms with Gasteiger partial charge in [0.15, 0.2) is 17.5 Å². The fourth-order valence-electron chi connectivity index (χ4n) is 1.81. The Morgan fingerprint density at radius 2 is 2.05 bits per heavy atom. The lowest BCUT2D eigenvalue weighted by Crippen LogP contribution is -2.50. The highest BCUT2D eigenvalue weighted by Gasteiger charge is 2.24. The van der Waals surface area contributed by atoms with Gasteiger partial charge in [-0.3, -0.25) is 0 Å². The van der Waals surface area contributed by atoms with E-state index in [0.29, 0.717) is 11.5 Å². The fraction of sp³-hybridized carbons (Fsp3) is 0.385. The first-order valence-electron chi connectivity index (χ1n) is 6.31. The van der Waals surface area contributed by atoms with Crippen LogP contribution in [0.25, 0.3) is 0 Å². The molecule has 0 unspecified atom stereocenters. The lowest BCUT2D eigenvalue weighted by atomic mass is 10.2. The lowest BCUT2D eigenvalue weighted by Gasteiger charge is -2.17. The predicted molar refractivity (Wildman–Crippen MR) is 71.0 cm³/mol. The van der Waals surface area contributed by atoms with Gasteiger partial charge in [0.2, 0.25) is 6.79 Å². The monoisotopic (exact) mass is 296 g/mol. The molecule has 8 nitrogen and oxygen atoms in total. The van der Waals surface area contributed by atoms with E-state index in [1.54, 1.807) is 18.2 Å². The molecule has 114 valence electrons. The molecule has 0 fully saturated rings. The average molecular weight is 296 g/mol. The van der Waals surface area contributed by atoms with Crippen molar-refractivity contribution in [3.63, 3.8) is 0 Å². The number of urea groups is 1. The average Bonchev–Trinajstić information content (AvgIpc) is 2.89. The molecule has 2 amide bonds. The van der Waals surface area contributed by atoms with Crippen molar-refractivity contribution in [1.29, 1.82) is 0 Å². The molecule has 0 bridgehead atoms. The summed E-state index contributed by atoms with van der Waals surface area (Å²) < 4.78 is 10.4. The van der Waals surface area contributed by atoms with E-state index in [-0.39, 0.29) is 13.3 Å². The zero-order valence-corrected chi connectivity index (χ0v) is 11.3. The molecular weight excluding hydrogens is 280 g/mol. The minimum Gasteiger partial charge on any atom is -0.480 e. The molecule has 1 heterocycles. The summed E-state index contributed by atoms with van der Waals surface area (Å²) in [4.78, 5) is 22.5. The van der Waals surface area contributed by atoms with E-state index in [1.165, 1.54) is 6.92 Å². The Morgan fingerprint density at radius 3 is 2.71 bits per heavy atom. The van der Waals surface area contributed by atoms with Gasteiger partial charge in [-0.1, -0.05) is 6.07 Å². The number of carbonyl (C=O) groups is 2. The van der Waals surface area contributed by atoms with E-state index >= 15 is 0 Å². The van der Waals surface area contributed by atoms with Crippen LogP contribution in [0.1, 0.15) is 12.5 Å². The summed E-state index contributed by atoms with van der Waals surface area (Å²) in [5.41, 5.74) is 0.776. The Balaban J connectivity index is 1.88. The molecule has 0 spiro atoms. The summed E-state index contributed by atoms with van der Waals surface area (Å²) in [6, 6.07) is 3.18. The summed E-state index contributed by atoms with van der Waals surface area (Å²) in [6.07, 6.45) is -1.20. The number of carbonyl (C=O) groups excluding carboxylic acids is 1. The highest BCUT2D eigenvalue weighted by molar-refractivity contribution is 5.82. The second-order valence-electron chi connectivity index (χ2n) is 4.57. The smallest absolute Gasteiger partial charge is 0.328 e. The summed E-state index contributed by atoms with van der Waals surface area (Å²) in [7, 11) is 0. The molecule has 8 heteroatoms. The molecule has 2 rings (SSSR count). The van der Waals surface area contributed by atoms with Crippen LogP contribution in [0.15, 0.2) is 18.2 Å². The number of amides is 2. The third-order valence-corrected chi connectivity index (χ3v) is 2.93. The standard InChI is InChI=1S/C13H16N2O6/c1-7(16)11(12(17)18)15-13(19)14-5-8-2-3-9-10(4-8)21-6-20-9/h2-4,7,11,16H,5-6H2,1H3,(H,17,18)(H2,14,15,19)/t7-,11+/m1/s1. The van der Waals surface area contributed by atoms with Gasteiger partial charge in [-0.15, -0.1) is 0 Å². The Labute approximate surface area is 120 Å². The van der Waals surface area contributed by atoms with Crippen LogP contribution in [0.4, 0.5) is 4.79 Å². The molecule has 2 atom stereocenters. The number of rotatable bonds is 5. The predicted octanol–water partition coefficient (Wildman–Crippen LogP) is 0.0485. The van der Waals surface area contributed by atoms with Gasteiger partial charge in [-0.2, -0.15) is 0 Å². The van der Waals surface area contributed by atoms with Crippen molar-refractivity contribution in [2.24, 2.45) is 0 Å². The van der Waals surface area contributed by atoms with Gasteiger partial charge < -0.3 is 30.3 Å². The maximum absolute atomic E-state index is 11.6. The number of fused-ring (bicyclic) bond motifs is 1. The molecule has 0 radical (unpaired) electrons. The number of carboxylic acids is 1. The zero-order chi connectivity index (χ0) is 15.4. The minimum atomic E-state index is -1.36. The normalized spacial score (nSPS) is 15.1. The van der Waals surface area contributed by atoms with Crippen LogP contribution >= 0.6 is 0 Å². The summed E-state index contributed by atoms with van der Waals surface area (Å²) in [5.74, 6) is -0.0615. The number of aliphatic hydroxyl groups is 1. The topological polar surface area (TPSA) is 117 Å². The van der Waals surface area contributed by atoms with E-state index < -0.39 is 24.1 Å². The van der Waals surface area contributed by atoms with E-state index in [4.69, 9.17) is 14.6 Å². The molecule has 1 aromatic rings. The summed E-state index contributed by atoms with van der Waals surface area (Å²) in [6.45, 7) is 1.65. The van der Waals surface area contributed by atoms with Crippen molar-refractivity contribution in [2.75, 3.05) is 6.79 Å². The van der Waals surface area contributed by atoms with Crippen molar-refractivity contribution >= 4 is 12.0 Å². The second kappa shape index (κ2) is 6.31. The molecule has 21 heavy (non-hydrogen) atoms. The molecule has 1 aromatic carbocycles. The van der Waals surface area contributed by atoms with E-state index in [1.807, 2.05) is 0 Å². The van der Waals surface area contributed by atoms with Crippen LogP contribution in [0, 0.1) is 0 Å². The number of aliphatic carboxylic acids is 1. The molecule has 0 aliphatic carbocycles. The van der Waals surface area contributed by atoms with Crippen molar-refractivity contribution in [1.82, 2.24) is 10.6 Å². The van der Waals surface area contributed by atoms with Crippen molar-refractivity contribution in [3.05, 3.63) is 23.8 Å². The van der Waals surface area contributed by atoms with E-state index in [9.17, 15) is 14.7 Å². The number of ether oxygens (including phenoxy) is 2. The van der Waals surface area contributed by atoms with Crippen LogP contribution in [0.3, 0.4) is 0 Å². The maximum Gasteiger partial charge on any atom is 0.328 e. The first-order valence-corrected chi connectivity index (χ1v) is 6.31. The Bertz CT molecular complexity index is 545. The molecule has 0 saturated heterocycles. The second-order valence-corrected chi connectivity index (χ2v) is 4.57. The summed E-state index contributed by atoms with van der Waals surface area (Å²) >= 11 is 0. The van der Waals surface area contributed by atoms with Gasteiger partial charge in [0.05, 0.1) is 6.10 Å². The van der Waals surface area contributed by atoms with E-state index in [0.717, 1.165) is 5.56 Å². The SMILES string of the molecule is C[C@@H](O)[C@H](NC(=O)NCc1ccc2c(c1)OCO2)C(=O)O. The quantitative estimate of drug-likeness (QED) is 0.610. The van der Waals surface area contributed by atoms with Crippen LogP contribution in [0.5, 0.6) is 11.5 Å². The fourth-order valence-corrected chi connectivity index (χ4v) is 1.81. The van der Waals surface area contributed by atoms with Gasteiger partial charge in [0, 0.05) is 6.54 Å². The maximum atomic E-state index is 11.6. The first-order chi connectivity index (χ1) is 9.97.